The second-order valence-corrected chi connectivity index (χ2v) is 4.49. The molecule has 0 spiro atoms. The first-order chi connectivity index (χ1) is 9.83. The van der Waals surface area contributed by atoms with E-state index in [2.05, 4.69) is 48.9 Å². The van der Waals surface area contributed by atoms with Crippen LogP contribution in [0.3, 0.4) is 0 Å². The fourth-order valence-corrected chi connectivity index (χ4v) is 2.10. The number of imidazole rings is 1. The number of rotatable bonds is 5. The standard InChI is InChI=1S/C13H17N7/c1-3-5-15-13-17-10(9-8-16-19-11(9)18-13)12-14-6-7-20(12)4-2/h6-8H,3-5H2,1-2H3,(H2,15,16,17,18,19). The highest BCUT2D eigenvalue weighted by Gasteiger charge is 2.15. The van der Waals surface area contributed by atoms with Gasteiger partial charge in [0, 0.05) is 25.5 Å². The number of aryl methyl sites for hydroxylation is 1. The topological polar surface area (TPSA) is 84.3 Å². The van der Waals surface area contributed by atoms with Gasteiger partial charge in [0.25, 0.3) is 0 Å². The first-order valence-electron chi connectivity index (χ1n) is 6.80. The van der Waals surface area contributed by atoms with Crippen LogP contribution in [0.5, 0.6) is 0 Å². The number of fused-ring (bicyclic) bond motifs is 1. The number of nitrogens with one attached hydrogen (secondary N) is 2. The van der Waals surface area contributed by atoms with Gasteiger partial charge in [0.05, 0.1) is 11.6 Å². The maximum absolute atomic E-state index is 4.60. The molecule has 0 aliphatic carbocycles. The number of aromatic amines is 1. The Morgan fingerprint density at radius 2 is 2.20 bits per heavy atom. The van der Waals surface area contributed by atoms with Gasteiger partial charge in [0.1, 0.15) is 5.69 Å². The first kappa shape index (κ1) is 12.6. The van der Waals surface area contributed by atoms with Crippen LogP contribution >= 0.6 is 0 Å². The van der Waals surface area contributed by atoms with Gasteiger partial charge in [0.15, 0.2) is 11.5 Å². The number of anilines is 1. The van der Waals surface area contributed by atoms with E-state index in [0.717, 1.165) is 42.1 Å². The predicted octanol–water partition coefficient (Wildman–Crippen LogP) is 2.06. The third kappa shape index (κ3) is 2.11. The zero-order valence-electron chi connectivity index (χ0n) is 11.6. The maximum atomic E-state index is 4.60. The van der Waals surface area contributed by atoms with Crippen LogP contribution in [0.25, 0.3) is 22.6 Å². The fraction of sp³-hybridized carbons (Fsp3) is 0.385. The molecule has 7 heteroatoms. The molecule has 3 heterocycles. The zero-order valence-corrected chi connectivity index (χ0v) is 11.6. The summed E-state index contributed by atoms with van der Waals surface area (Å²) in [5, 5.41) is 11.0. The van der Waals surface area contributed by atoms with Gasteiger partial charge in [-0.25, -0.2) is 9.97 Å². The lowest BCUT2D eigenvalue weighted by Gasteiger charge is -2.08. The van der Waals surface area contributed by atoms with E-state index in [1.54, 1.807) is 12.4 Å². The molecule has 0 aliphatic heterocycles. The number of hydrogen-bond donors (Lipinski definition) is 2. The Kier molecular flexibility index (Phi) is 3.32. The second kappa shape index (κ2) is 5.28. The quantitative estimate of drug-likeness (QED) is 0.742. The fourth-order valence-electron chi connectivity index (χ4n) is 2.10. The van der Waals surface area contributed by atoms with Gasteiger partial charge in [-0.05, 0) is 13.3 Å². The third-order valence-electron chi connectivity index (χ3n) is 3.11. The minimum absolute atomic E-state index is 0.601. The van der Waals surface area contributed by atoms with E-state index in [4.69, 9.17) is 0 Å². The predicted molar refractivity (Wildman–Crippen MR) is 77.4 cm³/mol. The second-order valence-electron chi connectivity index (χ2n) is 4.49. The van der Waals surface area contributed by atoms with Crippen LogP contribution in [-0.4, -0.2) is 36.3 Å². The molecule has 0 saturated heterocycles. The average Bonchev–Trinajstić information content (AvgIpc) is 3.12. The van der Waals surface area contributed by atoms with Gasteiger partial charge in [-0.2, -0.15) is 10.1 Å². The Morgan fingerprint density at radius 3 is 3.00 bits per heavy atom. The van der Waals surface area contributed by atoms with Gasteiger partial charge in [0.2, 0.25) is 5.95 Å². The van der Waals surface area contributed by atoms with Crippen molar-refractivity contribution < 1.29 is 0 Å². The van der Waals surface area contributed by atoms with Crippen LogP contribution in [0, 0.1) is 0 Å². The van der Waals surface area contributed by atoms with Gasteiger partial charge < -0.3 is 9.88 Å². The molecule has 0 saturated carbocycles. The molecule has 0 aliphatic rings. The van der Waals surface area contributed by atoms with Crippen molar-refractivity contribution in [3.05, 3.63) is 18.6 Å². The molecule has 3 aromatic heterocycles. The molecule has 0 bridgehead atoms. The highest BCUT2D eigenvalue weighted by molar-refractivity contribution is 5.88. The molecule has 0 fully saturated rings. The molecule has 0 atom stereocenters. The Bertz CT molecular complexity index is 712. The van der Waals surface area contributed by atoms with Crippen LogP contribution in [0.1, 0.15) is 20.3 Å². The summed E-state index contributed by atoms with van der Waals surface area (Å²) in [6.45, 7) is 5.86. The zero-order chi connectivity index (χ0) is 13.9. The molecule has 2 N–H and O–H groups in total. The summed E-state index contributed by atoms with van der Waals surface area (Å²) in [5.74, 6) is 1.44. The van der Waals surface area contributed by atoms with Crippen LogP contribution in [0.2, 0.25) is 0 Å². The molecule has 0 amide bonds. The van der Waals surface area contributed by atoms with E-state index < -0.39 is 0 Å². The normalized spacial score (nSPS) is 11.1. The molecule has 0 aromatic carbocycles. The smallest absolute Gasteiger partial charge is 0.225 e. The summed E-state index contributed by atoms with van der Waals surface area (Å²) in [5.41, 5.74) is 1.52. The molecular weight excluding hydrogens is 254 g/mol. The van der Waals surface area contributed by atoms with Crippen molar-refractivity contribution in [3.63, 3.8) is 0 Å². The van der Waals surface area contributed by atoms with E-state index >= 15 is 0 Å². The van der Waals surface area contributed by atoms with Crippen molar-refractivity contribution >= 4 is 17.0 Å². The number of nitrogens with zero attached hydrogens (tertiary/aromatic N) is 5. The molecule has 20 heavy (non-hydrogen) atoms. The molecule has 0 radical (unpaired) electrons. The minimum Gasteiger partial charge on any atom is -0.354 e. The van der Waals surface area contributed by atoms with Crippen molar-refractivity contribution in [3.8, 4) is 11.5 Å². The Morgan fingerprint density at radius 1 is 1.30 bits per heavy atom. The lowest BCUT2D eigenvalue weighted by atomic mass is 10.3. The highest BCUT2D eigenvalue weighted by atomic mass is 15.2. The molecule has 0 unspecified atom stereocenters. The highest BCUT2D eigenvalue weighted by Crippen LogP contribution is 2.24. The summed E-state index contributed by atoms with van der Waals surface area (Å²) in [6, 6.07) is 0. The van der Waals surface area contributed by atoms with Crippen LogP contribution in [0.15, 0.2) is 18.6 Å². The van der Waals surface area contributed by atoms with Gasteiger partial charge in [-0.15, -0.1) is 0 Å². The van der Waals surface area contributed by atoms with Crippen molar-refractivity contribution in [2.75, 3.05) is 11.9 Å². The summed E-state index contributed by atoms with van der Waals surface area (Å²) in [4.78, 5) is 13.4. The van der Waals surface area contributed by atoms with Crippen molar-refractivity contribution in [1.29, 1.82) is 0 Å². The van der Waals surface area contributed by atoms with E-state index in [-0.39, 0.29) is 0 Å². The Balaban J connectivity index is 2.14. The summed E-state index contributed by atoms with van der Waals surface area (Å²) in [6.07, 6.45) is 6.49. The average molecular weight is 271 g/mol. The van der Waals surface area contributed by atoms with E-state index in [1.807, 2.05) is 6.20 Å². The monoisotopic (exact) mass is 271 g/mol. The van der Waals surface area contributed by atoms with Crippen LogP contribution in [0.4, 0.5) is 5.95 Å². The SMILES string of the molecule is CCCNc1nc(-c2nccn2CC)c2cn[nH]c2n1. The van der Waals surface area contributed by atoms with Gasteiger partial charge in [-0.1, -0.05) is 6.92 Å². The molecule has 3 rings (SSSR count). The lowest BCUT2D eigenvalue weighted by Crippen LogP contribution is -2.06. The van der Waals surface area contributed by atoms with E-state index in [0.29, 0.717) is 5.95 Å². The van der Waals surface area contributed by atoms with E-state index in [1.165, 1.54) is 0 Å². The van der Waals surface area contributed by atoms with Crippen molar-refractivity contribution in [1.82, 2.24) is 29.7 Å². The number of H-pyrrole nitrogens is 1. The van der Waals surface area contributed by atoms with Crippen molar-refractivity contribution in [2.24, 2.45) is 0 Å². The molecule has 3 aromatic rings. The molecule has 7 nitrogen and oxygen atoms in total. The number of aromatic nitrogens is 6. The maximum Gasteiger partial charge on any atom is 0.225 e. The van der Waals surface area contributed by atoms with Gasteiger partial charge in [-0.3, -0.25) is 5.10 Å². The van der Waals surface area contributed by atoms with Crippen LogP contribution in [-0.2, 0) is 6.54 Å². The summed E-state index contributed by atoms with van der Waals surface area (Å²) < 4.78 is 2.05. The van der Waals surface area contributed by atoms with Crippen molar-refractivity contribution in [2.45, 2.75) is 26.8 Å². The molecular formula is C13H17N7. The Labute approximate surface area is 116 Å². The summed E-state index contributed by atoms with van der Waals surface area (Å²) in [7, 11) is 0. The van der Waals surface area contributed by atoms with Crippen LogP contribution < -0.4 is 5.32 Å². The Hall–Kier alpha value is -2.44. The largest absolute Gasteiger partial charge is 0.354 e. The lowest BCUT2D eigenvalue weighted by molar-refractivity contribution is 0.768. The van der Waals surface area contributed by atoms with Gasteiger partial charge >= 0.3 is 0 Å². The first-order valence-corrected chi connectivity index (χ1v) is 6.80. The summed E-state index contributed by atoms with van der Waals surface area (Å²) >= 11 is 0. The third-order valence-corrected chi connectivity index (χ3v) is 3.11. The van der Waals surface area contributed by atoms with E-state index in [9.17, 15) is 0 Å². The minimum atomic E-state index is 0.601. The number of hydrogen-bond acceptors (Lipinski definition) is 5. The molecule has 104 valence electrons.